The highest BCUT2D eigenvalue weighted by molar-refractivity contribution is 5.86. The number of aromatic amines is 1. The molecule has 2 heterocycles. The van der Waals surface area contributed by atoms with Crippen LogP contribution in [0.3, 0.4) is 0 Å². The van der Waals surface area contributed by atoms with Crippen molar-refractivity contribution in [2.24, 2.45) is 5.41 Å². The van der Waals surface area contributed by atoms with E-state index in [0.717, 1.165) is 5.39 Å². The minimum Gasteiger partial charge on any atom is -0.391 e. The number of nitrogens with one attached hydrogen (secondary N) is 2. The second-order valence-corrected chi connectivity index (χ2v) is 5.86. The van der Waals surface area contributed by atoms with Crippen LogP contribution < -0.4 is 11.1 Å². The molecule has 1 unspecified atom stereocenters. The van der Waals surface area contributed by atoms with Gasteiger partial charge in [0, 0.05) is 6.54 Å². The zero-order valence-corrected chi connectivity index (χ0v) is 11.4. The van der Waals surface area contributed by atoms with Crippen molar-refractivity contribution in [2.45, 2.75) is 33.3 Å². The molecule has 0 amide bonds. The molecule has 0 fully saturated rings. The lowest BCUT2D eigenvalue weighted by molar-refractivity contribution is 0.132. The van der Waals surface area contributed by atoms with Crippen LogP contribution in [0.2, 0.25) is 0 Å². The molecule has 7 heteroatoms. The van der Waals surface area contributed by atoms with Crippen molar-refractivity contribution < 1.29 is 5.11 Å². The summed E-state index contributed by atoms with van der Waals surface area (Å²) < 4.78 is 0. The topological polar surface area (TPSA) is 113 Å². The van der Waals surface area contributed by atoms with E-state index in [1.807, 2.05) is 0 Å². The molecule has 5 N–H and O–H groups in total. The molecule has 19 heavy (non-hydrogen) atoms. The lowest BCUT2D eigenvalue weighted by Crippen LogP contribution is -2.25. The quantitative estimate of drug-likeness (QED) is 0.658. The Labute approximate surface area is 111 Å². The zero-order valence-electron chi connectivity index (χ0n) is 11.4. The van der Waals surface area contributed by atoms with E-state index in [2.05, 4.69) is 46.3 Å². The van der Waals surface area contributed by atoms with Gasteiger partial charge in [-0.25, -0.2) is 0 Å². The lowest BCUT2D eigenvalue weighted by Gasteiger charge is -2.22. The largest absolute Gasteiger partial charge is 0.391 e. The molecule has 104 valence electrons. The summed E-state index contributed by atoms with van der Waals surface area (Å²) >= 11 is 0. The molecule has 0 aliphatic heterocycles. The second kappa shape index (κ2) is 5.00. The molecule has 0 aliphatic carbocycles. The fourth-order valence-corrected chi connectivity index (χ4v) is 1.98. The van der Waals surface area contributed by atoms with Crippen molar-refractivity contribution in [3.63, 3.8) is 0 Å². The van der Waals surface area contributed by atoms with Gasteiger partial charge < -0.3 is 16.2 Å². The summed E-state index contributed by atoms with van der Waals surface area (Å²) in [5.41, 5.74) is 6.28. The van der Waals surface area contributed by atoms with Gasteiger partial charge in [-0.3, -0.25) is 5.10 Å². The molecule has 0 aliphatic rings. The minimum absolute atomic E-state index is 0.0801. The average molecular weight is 264 g/mol. The summed E-state index contributed by atoms with van der Waals surface area (Å²) in [6, 6.07) is 0. The van der Waals surface area contributed by atoms with Crippen molar-refractivity contribution in [1.82, 2.24) is 20.2 Å². The van der Waals surface area contributed by atoms with Crippen molar-refractivity contribution in [3.05, 3.63) is 6.20 Å². The van der Waals surface area contributed by atoms with Crippen LogP contribution in [0.1, 0.15) is 27.2 Å². The predicted molar refractivity (Wildman–Crippen MR) is 74.7 cm³/mol. The maximum atomic E-state index is 9.98. The number of fused-ring (bicyclic) bond motifs is 1. The van der Waals surface area contributed by atoms with Gasteiger partial charge in [-0.15, -0.1) is 0 Å². The van der Waals surface area contributed by atoms with Crippen LogP contribution >= 0.6 is 0 Å². The summed E-state index contributed by atoms with van der Waals surface area (Å²) in [7, 11) is 0. The van der Waals surface area contributed by atoms with E-state index in [-0.39, 0.29) is 11.4 Å². The molecule has 0 radical (unpaired) electrons. The maximum absolute atomic E-state index is 9.98. The van der Waals surface area contributed by atoms with Gasteiger partial charge in [0.15, 0.2) is 5.65 Å². The van der Waals surface area contributed by atoms with E-state index in [9.17, 15) is 5.11 Å². The number of aromatic nitrogens is 4. The predicted octanol–water partition coefficient (Wildman–Crippen LogP) is 1.14. The first-order valence-electron chi connectivity index (χ1n) is 6.24. The molecule has 0 saturated carbocycles. The first-order valence-corrected chi connectivity index (χ1v) is 6.24. The molecule has 1 atom stereocenters. The van der Waals surface area contributed by atoms with E-state index >= 15 is 0 Å². The zero-order chi connectivity index (χ0) is 14.0. The Morgan fingerprint density at radius 1 is 1.42 bits per heavy atom. The molecular weight excluding hydrogens is 244 g/mol. The van der Waals surface area contributed by atoms with Crippen molar-refractivity contribution in [1.29, 1.82) is 0 Å². The molecule has 0 spiro atoms. The van der Waals surface area contributed by atoms with Gasteiger partial charge in [-0.2, -0.15) is 15.1 Å². The van der Waals surface area contributed by atoms with Gasteiger partial charge in [-0.05, 0) is 11.8 Å². The number of anilines is 2. The fourth-order valence-electron chi connectivity index (χ4n) is 1.98. The Bertz CT molecular complexity index is 559. The third kappa shape index (κ3) is 3.54. The van der Waals surface area contributed by atoms with Gasteiger partial charge in [0.2, 0.25) is 5.95 Å². The fraction of sp³-hybridized carbons (Fsp3) is 0.583. The smallest absolute Gasteiger partial charge is 0.224 e. The summed E-state index contributed by atoms with van der Waals surface area (Å²) in [5.74, 6) is 0.758. The van der Waals surface area contributed by atoms with Crippen LogP contribution in [0.5, 0.6) is 0 Å². The van der Waals surface area contributed by atoms with Crippen LogP contribution in [0.4, 0.5) is 11.8 Å². The molecule has 0 bridgehead atoms. The maximum Gasteiger partial charge on any atom is 0.224 e. The van der Waals surface area contributed by atoms with Crippen LogP contribution in [0.25, 0.3) is 11.0 Å². The van der Waals surface area contributed by atoms with Crippen molar-refractivity contribution >= 4 is 22.8 Å². The Morgan fingerprint density at radius 2 is 2.16 bits per heavy atom. The van der Waals surface area contributed by atoms with Crippen molar-refractivity contribution in [3.8, 4) is 0 Å². The first-order chi connectivity index (χ1) is 8.85. The summed E-state index contributed by atoms with van der Waals surface area (Å²) in [4.78, 5) is 8.16. The van der Waals surface area contributed by atoms with E-state index in [1.54, 1.807) is 6.20 Å². The SMILES string of the molecule is CC(C)(C)CC(O)CNc1nc(N)nc2[nH]ncc12. The van der Waals surface area contributed by atoms with Crippen LogP contribution in [0, 0.1) is 5.41 Å². The Kier molecular flexibility index (Phi) is 3.57. The molecular formula is C12H20N6O. The summed E-state index contributed by atoms with van der Waals surface area (Å²) in [6.45, 7) is 6.68. The van der Waals surface area contributed by atoms with E-state index in [4.69, 9.17) is 5.73 Å². The Balaban J connectivity index is 2.07. The average Bonchev–Trinajstić information content (AvgIpc) is 2.71. The van der Waals surface area contributed by atoms with Gasteiger partial charge >= 0.3 is 0 Å². The lowest BCUT2D eigenvalue weighted by atomic mass is 9.89. The number of H-pyrrole nitrogens is 1. The van der Waals surface area contributed by atoms with E-state index in [1.165, 1.54) is 0 Å². The number of hydrogen-bond donors (Lipinski definition) is 4. The molecule has 2 aromatic rings. The van der Waals surface area contributed by atoms with Gasteiger partial charge in [-0.1, -0.05) is 20.8 Å². The summed E-state index contributed by atoms with van der Waals surface area (Å²) in [5, 5.41) is 20.5. The standard InChI is InChI=1S/C12H20N6O/c1-12(2,3)4-7(19)5-14-9-8-6-15-18-10(8)17-11(13)16-9/h6-7,19H,4-5H2,1-3H3,(H4,13,14,15,16,17,18). The minimum atomic E-state index is -0.446. The Morgan fingerprint density at radius 3 is 2.84 bits per heavy atom. The van der Waals surface area contributed by atoms with Crippen LogP contribution in [0.15, 0.2) is 6.20 Å². The third-order valence-electron chi connectivity index (χ3n) is 2.68. The highest BCUT2D eigenvalue weighted by Crippen LogP contribution is 2.22. The number of nitrogens with zero attached hydrogens (tertiary/aromatic N) is 3. The molecule has 7 nitrogen and oxygen atoms in total. The first kappa shape index (κ1) is 13.5. The highest BCUT2D eigenvalue weighted by atomic mass is 16.3. The van der Waals surface area contributed by atoms with Gasteiger partial charge in [0.25, 0.3) is 0 Å². The van der Waals surface area contributed by atoms with Gasteiger partial charge in [0.05, 0.1) is 17.7 Å². The monoisotopic (exact) mass is 264 g/mol. The number of nitrogen functional groups attached to an aromatic ring is 1. The number of rotatable bonds is 4. The van der Waals surface area contributed by atoms with Gasteiger partial charge in [0.1, 0.15) is 5.82 Å². The highest BCUT2D eigenvalue weighted by Gasteiger charge is 2.17. The molecule has 2 aromatic heterocycles. The van der Waals surface area contributed by atoms with E-state index in [0.29, 0.717) is 24.4 Å². The van der Waals surface area contributed by atoms with Crippen LogP contribution in [-0.2, 0) is 0 Å². The third-order valence-corrected chi connectivity index (χ3v) is 2.68. The summed E-state index contributed by atoms with van der Waals surface area (Å²) in [6.07, 6.45) is 1.89. The van der Waals surface area contributed by atoms with Crippen molar-refractivity contribution in [2.75, 3.05) is 17.6 Å². The number of aliphatic hydroxyl groups excluding tert-OH is 1. The van der Waals surface area contributed by atoms with E-state index < -0.39 is 6.10 Å². The Hall–Kier alpha value is -1.89. The normalized spacial score (nSPS) is 13.7. The van der Waals surface area contributed by atoms with Crippen LogP contribution in [-0.4, -0.2) is 37.9 Å². The second-order valence-electron chi connectivity index (χ2n) is 5.86. The molecule has 0 aromatic carbocycles. The molecule has 0 saturated heterocycles. The number of hydrogen-bond acceptors (Lipinski definition) is 6. The number of aliphatic hydroxyl groups is 1. The number of nitrogens with two attached hydrogens (primary N) is 1. The molecule has 2 rings (SSSR count).